The molecule has 0 aliphatic carbocycles. The Morgan fingerprint density at radius 1 is 0.538 bits per heavy atom. The zero-order chi connectivity index (χ0) is 10.8. The fourth-order valence-corrected chi connectivity index (χ4v) is 0. The molecule has 0 heterocycles. The first-order valence-corrected chi connectivity index (χ1v) is 3.94. The molecule has 0 aromatic heterocycles. The number of hydrogen-bond donors (Lipinski definition) is 0. The third kappa shape index (κ3) is 26400. The molecule has 0 aliphatic rings. The van der Waals surface area contributed by atoms with Crippen LogP contribution in [0.1, 0.15) is 27.7 Å². The van der Waals surface area contributed by atoms with E-state index >= 15 is 0 Å². The van der Waals surface area contributed by atoms with Crippen LogP contribution in [0.25, 0.3) is 0 Å². The SMILES string of the molecule is C=CC.C=CC.C=CC.C=CC.[Ca]. The zero-order valence-corrected chi connectivity index (χ0v) is 12.1. The van der Waals surface area contributed by atoms with Gasteiger partial charge in [0.25, 0.3) is 0 Å². The van der Waals surface area contributed by atoms with Crippen molar-refractivity contribution in [3.05, 3.63) is 50.6 Å². The van der Waals surface area contributed by atoms with Crippen molar-refractivity contribution in [3.63, 3.8) is 0 Å². The molecule has 0 rings (SSSR count). The maximum absolute atomic E-state index is 3.36. The van der Waals surface area contributed by atoms with Gasteiger partial charge in [-0.05, 0) is 27.7 Å². The molecule has 0 amide bonds. The van der Waals surface area contributed by atoms with Gasteiger partial charge in [0.05, 0.1) is 0 Å². The summed E-state index contributed by atoms with van der Waals surface area (Å²) in [5.74, 6) is 0. The summed E-state index contributed by atoms with van der Waals surface area (Å²) in [6, 6.07) is 0. The first-order chi connectivity index (χ1) is 5.66. The van der Waals surface area contributed by atoms with E-state index < -0.39 is 0 Å². The largest absolute Gasteiger partial charge is 0.103 e. The second kappa shape index (κ2) is 86.4. The summed E-state index contributed by atoms with van der Waals surface area (Å²) < 4.78 is 0. The van der Waals surface area contributed by atoms with Gasteiger partial charge in [-0.3, -0.25) is 0 Å². The fraction of sp³-hybridized carbons (Fsp3) is 0.333. The summed E-state index contributed by atoms with van der Waals surface area (Å²) in [7, 11) is 0. The van der Waals surface area contributed by atoms with Gasteiger partial charge in [0.2, 0.25) is 0 Å². The van der Waals surface area contributed by atoms with Gasteiger partial charge in [-0.15, -0.1) is 26.3 Å². The van der Waals surface area contributed by atoms with E-state index in [2.05, 4.69) is 26.3 Å². The van der Waals surface area contributed by atoms with Gasteiger partial charge in [0.1, 0.15) is 0 Å². The van der Waals surface area contributed by atoms with Crippen molar-refractivity contribution in [1.82, 2.24) is 0 Å². The standard InChI is InChI=1S/4C3H6.Ca/c4*1-3-2;/h4*3H,1H2,2H3;. The van der Waals surface area contributed by atoms with Gasteiger partial charge in [-0.1, -0.05) is 24.3 Å². The van der Waals surface area contributed by atoms with E-state index in [0.29, 0.717) is 0 Å². The van der Waals surface area contributed by atoms with Crippen molar-refractivity contribution in [2.24, 2.45) is 0 Å². The molecule has 0 nitrogen and oxygen atoms in total. The second-order valence-electron chi connectivity index (χ2n) is 1.63. The van der Waals surface area contributed by atoms with Gasteiger partial charge in [0, 0.05) is 37.7 Å². The molecule has 0 aromatic rings. The van der Waals surface area contributed by atoms with Crippen LogP contribution < -0.4 is 0 Å². The van der Waals surface area contributed by atoms with E-state index in [4.69, 9.17) is 0 Å². The molecule has 0 bridgehead atoms. The van der Waals surface area contributed by atoms with Gasteiger partial charge in [-0.2, -0.15) is 0 Å². The van der Waals surface area contributed by atoms with E-state index in [1.807, 2.05) is 27.7 Å². The van der Waals surface area contributed by atoms with Gasteiger partial charge < -0.3 is 0 Å². The van der Waals surface area contributed by atoms with Crippen LogP contribution in [-0.2, 0) is 0 Å². The molecule has 0 aromatic carbocycles. The van der Waals surface area contributed by atoms with Crippen molar-refractivity contribution in [2.75, 3.05) is 0 Å². The molecular weight excluding hydrogens is 184 g/mol. The molecule has 0 N–H and O–H groups in total. The predicted octanol–water partition coefficient (Wildman–Crippen LogP) is 4.39. The summed E-state index contributed by atoms with van der Waals surface area (Å²) in [6.07, 6.45) is 7.00. The molecule has 1 heteroatoms. The molecule has 0 aliphatic heterocycles. The van der Waals surface area contributed by atoms with Crippen LogP contribution in [0.15, 0.2) is 50.6 Å². The van der Waals surface area contributed by atoms with E-state index in [0.717, 1.165) is 0 Å². The Bertz CT molecular complexity index is 59.1. The number of hydrogen-bond acceptors (Lipinski definition) is 0. The quantitative estimate of drug-likeness (QED) is 0.409. The summed E-state index contributed by atoms with van der Waals surface area (Å²) in [5, 5.41) is 0. The van der Waals surface area contributed by atoms with Crippen LogP contribution in [0.2, 0.25) is 0 Å². The molecule has 0 saturated carbocycles. The molecule has 0 saturated heterocycles. The smallest absolute Gasteiger partial charge is 0 e. The molecule has 0 fully saturated rings. The molecule has 0 atom stereocenters. The Labute approximate surface area is 115 Å². The van der Waals surface area contributed by atoms with Gasteiger partial charge in [-0.25, -0.2) is 0 Å². The molecular formula is C12H24Ca. The monoisotopic (exact) mass is 208 g/mol. The average Bonchev–Trinajstić information content (AvgIpc) is 1.92. The Hall–Kier alpha value is 0.220. The minimum atomic E-state index is 0. The van der Waals surface area contributed by atoms with Crippen LogP contribution >= 0.6 is 0 Å². The van der Waals surface area contributed by atoms with Crippen LogP contribution in [-0.4, -0.2) is 37.7 Å². The van der Waals surface area contributed by atoms with Crippen LogP contribution in [0.5, 0.6) is 0 Å². The minimum Gasteiger partial charge on any atom is -0.103 e. The summed E-state index contributed by atoms with van der Waals surface area (Å²) >= 11 is 0. The number of rotatable bonds is 0. The van der Waals surface area contributed by atoms with Crippen molar-refractivity contribution in [1.29, 1.82) is 0 Å². The molecule has 0 spiro atoms. The normalized spacial score (nSPS) is 4.00. The first kappa shape index (κ1) is 29.2. The number of allylic oxidation sites excluding steroid dienone is 4. The predicted molar refractivity (Wildman–Crippen MR) is 69.2 cm³/mol. The summed E-state index contributed by atoms with van der Waals surface area (Å²) in [4.78, 5) is 0. The minimum absolute atomic E-state index is 0. The topological polar surface area (TPSA) is 0 Å². The maximum Gasteiger partial charge on any atom is 0 e. The summed E-state index contributed by atoms with van der Waals surface area (Å²) in [6.45, 7) is 21.0. The van der Waals surface area contributed by atoms with Gasteiger partial charge >= 0.3 is 0 Å². The Kier molecular flexibility index (Phi) is 194. The maximum atomic E-state index is 3.36. The zero-order valence-electron chi connectivity index (χ0n) is 9.84. The van der Waals surface area contributed by atoms with Crippen LogP contribution in [0.3, 0.4) is 0 Å². The third-order valence-corrected chi connectivity index (χ3v) is 0. The molecule has 2 radical (unpaired) electrons. The third-order valence-electron chi connectivity index (χ3n) is 0. The first-order valence-electron chi connectivity index (χ1n) is 3.94. The molecule has 74 valence electrons. The van der Waals surface area contributed by atoms with E-state index in [1.54, 1.807) is 24.3 Å². The van der Waals surface area contributed by atoms with Crippen molar-refractivity contribution in [3.8, 4) is 0 Å². The van der Waals surface area contributed by atoms with Crippen molar-refractivity contribution in [2.45, 2.75) is 27.7 Å². The van der Waals surface area contributed by atoms with Gasteiger partial charge in [0.15, 0.2) is 0 Å². The van der Waals surface area contributed by atoms with Crippen LogP contribution in [0.4, 0.5) is 0 Å². The fourth-order valence-electron chi connectivity index (χ4n) is 0. The van der Waals surface area contributed by atoms with Crippen LogP contribution in [0, 0.1) is 0 Å². The van der Waals surface area contributed by atoms with E-state index in [1.165, 1.54) is 0 Å². The van der Waals surface area contributed by atoms with Crippen molar-refractivity contribution >= 4 is 37.7 Å². The van der Waals surface area contributed by atoms with E-state index in [-0.39, 0.29) is 37.7 Å². The average molecular weight is 208 g/mol. The van der Waals surface area contributed by atoms with E-state index in [9.17, 15) is 0 Å². The Morgan fingerprint density at radius 2 is 0.538 bits per heavy atom. The molecule has 13 heavy (non-hydrogen) atoms. The molecule has 0 unspecified atom stereocenters. The Morgan fingerprint density at radius 3 is 0.538 bits per heavy atom. The summed E-state index contributed by atoms with van der Waals surface area (Å²) in [5.41, 5.74) is 0. The van der Waals surface area contributed by atoms with Crippen molar-refractivity contribution < 1.29 is 0 Å². The second-order valence-corrected chi connectivity index (χ2v) is 1.63. The Balaban J connectivity index is -0.0000000213.